The van der Waals surface area contributed by atoms with Gasteiger partial charge in [0, 0.05) is 18.7 Å². The number of hydrogen-bond acceptors (Lipinski definition) is 5. The Morgan fingerprint density at radius 1 is 1.24 bits per heavy atom. The first-order valence-electron chi connectivity index (χ1n) is 6.43. The number of Topliss-reactive ketones (excluding diaryl/α,β-unsaturated/α-hetero) is 2. The van der Waals surface area contributed by atoms with Crippen LogP contribution in [0, 0.1) is 0 Å². The molecule has 21 heavy (non-hydrogen) atoms. The van der Waals surface area contributed by atoms with Crippen LogP contribution in [-0.4, -0.2) is 28.1 Å². The minimum absolute atomic E-state index is 0.0793. The Morgan fingerprint density at radius 2 is 1.95 bits per heavy atom. The molecule has 0 aliphatic heterocycles. The van der Waals surface area contributed by atoms with Gasteiger partial charge in [0.15, 0.2) is 11.6 Å². The average Bonchev–Trinajstić information content (AvgIpc) is 2.53. The third kappa shape index (κ3) is 3.60. The van der Waals surface area contributed by atoms with Crippen molar-refractivity contribution in [3.63, 3.8) is 0 Å². The van der Waals surface area contributed by atoms with E-state index in [-0.39, 0.29) is 6.54 Å². The third-order valence-electron chi connectivity index (χ3n) is 2.89. The van der Waals surface area contributed by atoms with Crippen molar-refractivity contribution in [1.29, 1.82) is 0 Å². The molecule has 0 saturated carbocycles. The number of hydrogen-bond donors (Lipinski definition) is 0. The summed E-state index contributed by atoms with van der Waals surface area (Å²) in [7, 11) is 0. The summed E-state index contributed by atoms with van der Waals surface area (Å²) in [6.07, 6.45) is 3.08. The lowest BCUT2D eigenvalue weighted by molar-refractivity contribution is -0.134. The smallest absolute Gasteiger partial charge is 0.217 e. The van der Waals surface area contributed by atoms with Crippen molar-refractivity contribution in [2.24, 2.45) is 0 Å². The molecule has 1 aromatic carbocycles. The van der Waals surface area contributed by atoms with Crippen LogP contribution >= 0.6 is 0 Å². The average molecular weight is 281 g/mol. The molecule has 0 amide bonds. The van der Waals surface area contributed by atoms with E-state index >= 15 is 0 Å². The number of carbonyl (C=O) groups is 2. The van der Waals surface area contributed by atoms with Gasteiger partial charge in [-0.1, -0.05) is 36.9 Å². The molecule has 0 N–H and O–H groups in total. The second-order valence-electron chi connectivity index (χ2n) is 4.39. The topological polar surface area (TPSA) is 63.2 Å². The zero-order valence-electron chi connectivity index (χ0n) is 11.7. The van der Waals surface area contributed by atoms with Crippen LogP contribution in [0.1, 0.15) is 6.92 Å². The Balaban J connectivity index is 2.29. The molecule has 0 aliphatic rings. The van der Waals surface area contributed by atoms with E-state index in [0.717, 1.165) is 5.56 Å². The standard InChI is InChI=1S/C16H15N3O2/c1-3-19(11-14(21)12(2)20)15-9-10-17-16(18-15)13-7-5-4-6-8-13/h3-10H,1,11H2,2H3. The first-order valence-corrected chi connectivity index (χ1v) is 6.43. The number of carbonyl (C=O) groups excluding carboxylic acids is 2. The molecule has 2 rings (SSSR count). The van der Waals surface area contributed by atoms with Crippen LogP contribution in [0.4, 0.5) is 5.82 Å². The van der Waals surface area contributed by atoms with Crippen molar-refractivity contribution in [2.75, 3.05) is 11.4 Å². The maximum absolute atomic E-state index is 11.6. The highest BCUT2D eigenvalue weighted by Gasteiger charge is 2.14. The molecule has 0 unspecified atom stereocenters. The van der Waals surface area contributed by atoms with Crippen molar-refractivity contribution in [1.82, 2.24) is 9.97 Å². The normalized spacial score (nSPS) is 9.95. The zero-order valence-corrected chi connectivity index (χ0v) is 11.7. The number of benzene rings is 1. The largest absolute Gasteiger partial charge is 0.326 e. The SMILES string of the molecule is C=CN(CC(=O)C(C)=O)c1ccnc(-c2ccccc2)n1. The lowest BCUT2D eigenvalue weighted by Gasteiger charge is -2.17. The van der Waals surface area contributed by atoms with Gasteiger partial charge in [0.2, 0.25) is 5.78 Å². The molecule has 0 aliphatic carbocycles. The molecule has 2 aromatic rings. The summed E-state index contributed by atoms with van der Waals surface area (Å²) >= 11 is 0. The van der Waals surface area contributed by atoms with Crippen molar-refractivity contribution in [2.45, 2.75) is 6.92 Å². The second-order valence-corrected chi connectivity index (χ2v) is 4.39. The minimum atomic E-state index is -0.491. The van der Waals surface area contributed by atoms with Crippen molar-refractivity contribution >= 4 is 17.4 Å². The van der Waals surface area contributed by atoms with E-state index in [4.69, 9.17) is 0 Å². The number of rotatable bonds is 6. The van der Waals surface area contributed by atoms with Gasteiger partial charge in [-0.05, 0) is 12.3 Å². The van der Waals surface area contributed by atoms with E-state index in [2.05, 4.69) is 16.5 Å². The van der Waals surface area contributed by atoms with Crippen LogP contribution in [0.2, 0.25) is 0 Å². The molecule has 1 aromatic heterocycles. The summed E-state index contributed by atoms with van der Waals surface area (Å²) in [5.41, 5.74) is 0.876. The van der Waals surface area contributed by atoms with E-state index < -0.39 is 11.6 Å². The molecule has 0 bridgehead atoms. The predicted octanol–water partition coefficient (Wildman–Crippen LogP) is 2.25. The van der Waals surface area contributed by atoms with Crippen LogP contribution in [0.15, 0.2) is 55.4 Å². The molecule has 5 nitrogen and oxygen atoms in total. The number of aromatic nitrogens is 2. The molecule has 0 atom stereocenters. The Bertz CT molecular complexity index is 668. The summed E-state index contributed by atoms with van der Waals surface area (Å²) in [6.45, 7) is 4.82. The Labute approximate surface area is 123 Å². The van der Waals surface area contributed by atoms with Gasteiger partial charge in [-0.2, -0.15) is 0 Å². The van der Waals surface area contributed by atoms with Crippen molar-refractivity contribution in [3.05, 3.63) is 55.4 Å². The van der Waals surface area contributed by atoms with Crippen LogP contribution in [0.5, 0.6) is 0 Å². The van der Waals surface area contributed by atoms with Crippen LogP contribution < -0.4 is 4.90 Å². The number of ketones is 2. The predicted molar refractivity (Wildman–Crippen MR) is 80.7 cm³/mol. The van der Waals surface area contributed by atoms with Crippen molar-refractivity contribution < 1.29 is 9.59 Å². The Kier molecular flexibility index (Phi) is 4.56. The van der Waals surface area contributed by atoms with Gasteiger partial charge in [-0.25, -0.2) is 9.97 Å². The lowest BCUT2D eigenvalue weighted by Crippen LogP contribution is -2.29. The van der Waals surface area contributed by atoms with Crippen molar-refractivity contribution in [3.8, 4) is 11.4 Å². The highest BCUT2D eigenvalue weighted by molar-refractivity contribution is 6.37. The van der Waals surface area contributed by atoms with Gasteiger partial charge in [0.05, 0.1) is 6.54 Å². The van der Waals surface area contributed by atoms with Gasteiger partial charge in [-0.15, -0.1) is 0 Å². The molecule has 5 heteroatoms. The molecule has 106 valence electrons. The van der Waals surface area contributed by atoms with Gasteiger partial charge in [0.1, 0.15) is 5.82 Å². The fourth-order valence-corrected chi connectivity index (χ4v) is 1.74. The molecule has 1 heterocycles. The molecular formula is C16H15N3O2. The highest BCUT2D eigenvalue weighted by Crippen LogP contribution is 2.18. The Morgan fingerprint density at radius 3 is 2.57 bits per heavy atom. The number of nitrogens with zero attached hydrogens (tertiary/aromatic N) is 3. The quantitative estimate of drug-likeness (QED) is 0.760. The van der Waals surface area contributed by atoms with E-state index in [1.54, 1.807) is 12.3 Å². The first-order chi connectivity index (χ1) is 10.1. The molecule has 0 spiro atoms. The van der Waals surface area contributed by atoms with E-state index in [1.165, 1.54) is 18.0 Å². The molecule has 0 saturated heterocycles. The van der Waals surface area contributed by atoms with Gasteiger partial charge in [0.25, 0.3) is 0 Å². The van der Waals surface area contributed by atoms with Crippen LogP contribution in [-0.2, 0) is 9.59 Å². The monoisotopic (exact) mass is 281 g/mol. The molecule has 0 radical (unpaired) electrons. The molecular weight excluding hydrogens is 266 g/mol. The van der Waals surface area contributed by atoms with Crippen LogP contribution in [0.3, 0.4) is 0 Å². The maximum atomic E-state index is 11.6. The van der Waals surface area contributed by atoms with Gasteiger partial charge >= 0.3 is 0 Å². The minimum Gasteiger partial charge on any atom is -0.326 e. The van der Waals surface area contributed by atoms with Crippen LogP contribution in [0.25, 0.3) is 11.4 Å². The summed E-state index contributed by atoms with van der Waals surface area (Å²) in [5.74, 6) is 0.0950. The zero-order chi connectivity index (χ0) is 15.2. The second kappa shape index (κ2) is 6.56. The summed E-state index contributed by atoms with van der Waals surface area (Å²) < 4.78 is 0. The van der Waals surface area contributed by atoms with E-state index in [9.17, 15) is 9.59 Å². The lowest BCUT2D eigenvalue weighted by atomic mass is 10.2. The number of anilines is 1. The van der Waals surface area contributed by atoms with E-state index in [0.29, 0.717) is 11.6 Å². The highest BCUT2D eigenvalue weighted by atomic mass is 16.2. The Hall–Kier alpha value is -2.82. The fraction of sp³-hybridized carbons (Fsp3) is 0.125. The summed E-state index contributed by atoms with van der Waals surface area (Å²) in [5, 5.41) is 0. The fourth-order valence-electron chi connectivity index (χ4n) is 1.74. The maximum Gasteiger partial charge on any atom is 0.217 e. The van der Waals surface area contributed by atoms with Gasteiger partial charge in [-0.3, -0.25) is 9.59 Å². The third-order valence-corrected chi connectivity index (χ3v) is 2.89. The summed E-state index contributed by atoms with van der Waals surface area (Å²) in [4.78, 5) is 32.8. The summed E-state index contributed by atoms with van der Waals surface area (Å²) in [6, 6.07) is 11.2. The van der Waals surface area contributed by atoms with E-state index in [1.807, 2.05) is 30.3 Å². The van der Waals surface area contributed by atoms with Gasteiger partial charge < -0.3 is 4.90 Å². The first kappa shape index (κ1) is 14.6. The molecule has 0 fully saturated rings.